The molecule has 6 heteroatoms. The number of halogens is 1. The van der Waals surface area contributed by atoms with E-state index in [1.54, 1.807) is 23.1 Å². The maximum Gasteiger partial charge on any atom is 0.272 e. The maximum atomic E-state index is 13.0. The van der Waals surface area contributed by atoms with E-state index in [1.807, 2.05) is 37.3 Å². The fraction of sp³-hybridized carbons (Fsp3) is 0.227. The van der Waals surface area contributed by atoms with Crippen LogP contribution in [0.5, 0.6) is 0 Å². The normalized spacial score (nSPS) is 10.5. The second-order valence-corrected chi connectivity index (χ2v) is 6.40. The number of nitrogens with zero attached hydrogens (tertiary/aromatic N) is 3. The van der Waals surface area contributed by atoms with Crippen LogP contribution in [0.25, 0.3) is 0 Å². The Hall–Kier alpha value is -3.28. The summed E-state index contributed by atoms with van der Waals surface area (Å²) < 4.78 is 13.0. The molecule has 3 rings (SSSR count). The summed E-state index contributed by atoms with van der Waals surface area (Å²) in [5.41, 5.74) is 2.46. The predicted molar refractivity (Wildman–Crippen MR) is 107 cm³/mol. The Balaban J connectivity index is 1.60. The molecule has 1 amide bonds. The van der Waals surface area contributed by atoms with Crippen molar-refractivity contribution in [2.45, 2.75) is 19.9 Å². The number of anilines is 1. The molecule has 1 heterocycles. The monoisotopic (exact) mass is 378 g/mol. The minimum Gasteiger partial charge on any atom is -0.370 e. The van der Waals surface area contributed by atoms with E-state index in [0.717, 1.165) is 17.5 Å². The number of rotatable bonds is 8. The molecule has 0 saturated carbocycles. The predicted octanol–water partition coefficient (Wildman–Crippen LogP) is 3.93. The Labute approximate surface area is 164 Å². The standard InChI is InChI=1S/C22H23FN4O/c1-2-27(15-18-6-4-3-5-7-18)22(28)20-14-21(26-16-25-20)24-13-12-17-8-10-19(23)11-9-17/h3-11,14,16H,2,12-13,15H2,1H3,(H,24,25,26). The van der Waals surface area contributed by atoms with Gasteiger partial charge in [0.15, 0.2) is 0 Å². The van der Waals surface area contributed by atoms with E-state index in [2.05, 4.69) is 15.3 Å². The molecule has 0 spiro atoms. The van der Waals surface area contributed by atoms with Crippen molar-refractivity contribution in [2.75, 3.05) is 18.4 Å². The van der Waals surface area contributed by atoms with Crippen LogP contribution in [0.2, 0.25) is 0 Å². The van der Waals surface area contributed by atoms with Crippen LogP contribution in [0.15, 0.2) is 67.0 Å². The zero-order valence-electron chi connectivity index (χ0n) is 15.8. The summed E-state index contributed by atoms with van der Waals surface area (Å²) >= 11 is 0. The first-order valence-corrected chi connectivity index (χ1v) is 9.29. The minimum atomic E-state index is -0.244. The molecule has 0 saturated heterocycles. The Kier molecular flexibility index (Phi) is 6.68. The molecule has 2 aromatic carbocycles. The van der Waals surface area contributed by atoms with Crippen LogP contribution in [0.4, 0.5) is 10.2 Å². The number of amides is 1. The van der Waals surface area contributed by atoms with Gasteiger partial charge in [0.1, 0.15) is 23.7 Å². The van der Waals surface area contributed by atoms with Crippen molar-refractivity contribution in [3.8, 4) is 0 Å². The number of hydrogen-bond donors (Lipinski definition) is 1. The Morgan fingerprint density at radius 1 is 1.04 bits per heavy atom. The lowest BCUT2D eigenvalue weighted by Gasteiger charge is -2.20. The highest BCUT2D eigenvalue weighted by Gasteiger charge is 2.16. The molecular formula is C22H23FN4O. The quantitative estimate of drug-likeness (QED) is 0.645. The third kappa shape index (κ3) is 5.36. The van der Waals surface area contributed by atoms with Gasteiger partial charge in [-0.05, 0) is 36.6 Å². The Bertz CT molecular complexity index is 900. The first kappa shape index (κ1) is 19.5. The van der Waals surface area contributed by atoms with Gasteiger partial charge in [-0.1, -0.05) is 42.5 Å². The first-order valence-electron chi connectivity index (χ1n) is 9.29. The fourth-order valence-electron chi connectivity index (χ4n) is 2.85. The lowest BCUT2D eigenvalue weighted by molar-refractivity contribution is 0.0746. The number of aromatic nitrogens is 2. The average molecular weight is 378 g/mol. The summed E-state index contributed by atoms with van der Waals surface area (Å²) in [6, 6.07) is 17.9. The zero-order valence-corrected chi connectivity index (χ0v) is 15.8. The Morgan fingerprint density at radius 2 is 1.79 bits per heavy atom. The molecular weight excluding hydrogens is 355 g/mol. The molecule has 0 atom stereocenters. The molecule has 0 aliphatic heterocycles. The molecule has 1 N–H and O–H groups in total. The number of hydrogen-bond acceptors (Lipinski definition) is 4. The molecule has 5 nitrogen and oxygen atoms in total. The molecule has 0 aliphatic rings. The van der Waals surface area contributed by atoms with Gasteiger partial charge in [-0.2, -0.15) is 0 Å². The summed E-state index contributed by atoms with van der Waals surface area (Å²) in [5.74, 6) is 0.221. The third-order valence-electron chi connectivity index (χ3n) is 4.40. The molecule has 0 fully saturated rings. The van der Waals surface area contributed by atoms with Crippen molar-refractivity contribution in [2.24, 2.45) is 0 Å². The number of carbonyl (C=O) groups excluding carboxylic acids is 1. The van der Waals surface area contributed by atoms with Crippen LogP contribution in [0.3, 0.4) is 0 Å². The second-order valence-electron chi connectivity index (χ2n) is 6.40. The lowest BCUT2D eigenvalue weighted by atomic mass is 10.1. The van der Waals surface area contributed by atoms with Crippen LogP contribution >= 0.6 is 0 Å². The summed E-state index contributed by atoms with van der Waals surface area (Å²) in [6.07, 6.45) is 2.12. The largest absolute Gasteiger partial charge is 0.370 e. The molecule has 144 valence electrons. The summed E-state index contributed by atoms with van der Waals surface area (Å²) in [6.45, 7) is 3.69. The Morgan fingerprint density at radius 3 is 2.50 bits per heavy atom. The van der Waals surface area contributed by atoms with Crippen LogP contribution in [-0.4, -0.2) is 33.9 Å². The molecule has 0 radical (unpaired) electrons. The van der Waals surface area contributed by atoms with Gasteiger partial charge in [-0.15, -0.1) is 0 Å². The van der Waals surface area contributed by atoms with E-state index in [9.17, 15) is 9.18 Å². The van der Waals surface area contributed by atoms with Crippen molar-refractivity contribution in [3.63, 3.8) is 0 Å². The fourth-order valence-corrected chi connectivity index (χ4v) is 2.85. The smallest absolute Gasteiger partial charge is 0.272 e. The van der Waals surface area contributed by atoms with E-state index in [-0.39, 0.29) is 11.7 Å². The van der Waals surface area contributed by atoms with Gasteiger partial charge in [0, 0.05) is 25.7 Å². The topological polar surface area (TPSA) is 58.1 Å². The molecule has 1 aromatic heterocycles. The number of benzene rings is 2. The van der Waals surface area contributed by atoms with E-state index < -0.39 is 0 Å². The lowest BCUT2D eigenvalue weighted by Crippen LogP contribution is -2.31. The van der Waals surface area contributed by atoms with E-state index in [0.29, 0.717) is 31.1 Å². The number of nitrogens with one attached hydrogen (secondary N) is 1. The highest BCUT2D eigenvalue weighted by Crippen LogP contribution is 2.11. The first-order chi connectivity index (χ1) is 13.7. The maximum absolute atomic E-state index is 13.0. The van der Waals surface area contributed by atoms with Crippen LogP contribution in [-0.2, 0) is 13.0 Å². The van der Waals surface area contributed by atoms with Crippen molar-refractivity contribution in [1.82, 2.24) is 14.9 Å². The second kappa shape index (κ2) is 9.60. The van der Waals surface area contributed by atoms with Crippen molar-refractivity contribution >= 4 is 11.7 Å². The highest BCUT2D eigenvalue weighted by atomic mass is 19.1. The summed E-state index contributed by atoms with van der Waals surface area (Å²) in [5, 5.41) is 3.19. The van der Waals surface area contributed by atoms with Crippen LogP contribution < -0.4 is 5.32 Å². The van der Waals surface area contributed by atoms with Gasteiger partial charge in [-0.3, -0.25) is 4.79 Å². The van der Waals surface area contributed by atoms with Gasteiger partial charge in [0.25, 0.3) is 5.91 Å². The van der Waals surface area contributed by atoms with E-state index >= 15 is 0 Å². The van der Waals surface area contributed by atoms with E-state index in [1.165, 1.54) is 18.5 Å². The molecule has 0 unspecified atom stereocenters. The van der Waals surface area contributed by atoms with Gasteiger partial charge < -0.3 is 10.2 Å². The van der Waals surface area contributed by atoms with Crippen molar-refractivity contribution in [1.29, 1.82) is 0 Å². The van der Waals surface area contributed by atoms with Crippen molar-refractivity contribution < 1.29 is 9.18 Å². The third-order valence-corrected chi connectivity index (χ3v) is 4.40. The average Bonchev–Trinajstić information content (AvgIpc) is 2.74. The van der Waals surface area contributed by atoms with Gasteiger partial charge in [0.2, 0.25) is 0 Å². The summed E-state index contributed by atoms with van der Waals surface area (Å²) in [7, 11) is 0. The van der Waals surface area contributed by atoms with Gasteiger partial charge in [-0.25, -0.2) is 14.4 Å². The minimum absolute atomic E-state index is 0.129. The van der Waals surface area contributed by atoms with Crippen LogP contribution in [0, 0.1) is 5.82 Å². The van der Waals surface area contributed by atoms with Gasteiger partial charge >= 0.3 is 0 Å². The highest BCUT2D eigenvalue weighted by molar-refractivity contribution is 5.92. The van der Waals surface area contributed by atoms with Gasteiger partial charge in [0.05, 0.1) is 0 Å². The van der Waals surface area contributed by atoms with Crippen LogP contribution in [0.1, 0.15) is 28.5 Å². The molecule has 0 bridgehead atoms. The molecule has 28 heavy (non-hydrogen) atoms. The zero-order chi connectivity index (χ0) is 19.8. The summed E-state index contributed by atoms with van der Waals surface area (Å²) in [4.78, 5) is 22.9. The molecule has 0 aliphatic carbocycles. The van der Waals surface area contributed by atoms with Crippen molar-refractivity contribution in [3.05, 3.63) is 89.6 Å². The SMILES string of the molecule is CCN(Cc1ccccc1)C(=O)c1cc(NCCc2ccc(F)cc2)ncn1. The number of carbonyl (C=O) groups is 1. The molecule has 3 aromatic rings. The van der Waals surface area contributed by atoms with E-state index in [4.69, 9.17) is 0 Å².